The number of hydrogen-bond donors (Lipinski definition) is 6. The van der Waals surface area contributed by atoms with Crippen molar-refractivity contribution in [1.82, 2.24) is 0 Å². The van der Waals surface area contributed by atoms with Crippen molar-refractivity contribution in [3.8, 4) is 0 Å². The fourth-order valence-electron chi connectivity index (χ4n) is 0. The molecule has 0 aromatic rings. The van der Waals surface area contributed by atoms with E-state index in [9.17, 15) is 0 Å². The first-order valence-corrected chi connectivity index (χ1v) is 4.70. The second kappa shape index (κ2) is 11.1. The van der Waals surface area contributed by atoms with Crippen molar-refractivity contribution in [2.75, 3.05) is 0 Å². The first-order valence-electron chi connectivity index (χ1n) is 1.57. The third-order valence-corrected chi connectivity index (χ3v) is 0. The summed E-state index contributed by atoms with van der Waals surface area (Å²) in [5, 5.41) is 0. The van der Waals surface area contributed by atoms with Gasteiger partial charge >= 0.3 is 38.7 Å². The monoisotopic (exact) mass is 254 g/mol. The molecule has 8 nitrogen and oxygen atoms in total. The van der Waals surface area contributed by atoms with Crippen molar-refractivity contribution in [3.63, 3.8) is 0 Å². The first kappa shape index (κ1) is 29.2. The summed E-state index contributed by atoms with van der Waals surface area (Å²) in [5.74, 6) is 0. The number of phosphoric acid groups is 2. The minimum absolute atomic E-state index is 0. The van der Waals surface area contributed by atoms with Gasteiger partial charge in [-0.05, 0) is 0 Å². The van der Waals surface area contributed by atoms with Crippen molar-refractivity contribution in [2.45, 2.75) is 14.9 Å². The van der Waals surface area contributed by atoms with Crippen LogP contribution in [-0.4, -0.2) is 52.4 Å². The topological polar surface area (TPSA) is 156 Å². The predicted octanol–water partition coefficient (Wildman–Crippen LogP) is -0.741. The van der Waals surface area contributed by atoms with E-state index in [0.717, 1.165) is 0 Å². The van der Waals surface area contributed by atoms with Crippen LogP contribution < -0.4 is 0 Å². The van der Waals surface area contributed by atoms with Crippen molar-refractivity contribution < 1.29 is 41.3 Å². The fourth-order valence-corrected chi connectivity index (χ4v) is 0. The molecule has 0 atom stereocenters. The summed E-state index contributed by atoms with van der Waals surface area (Å²) in [4.78, 5) is 43.1. The molecular formula is C2H16MgO8P2. The van der Waals surface area contributed by atoms with E-state index >= 15 is 0 Å². The van der Waals surface area contributed by atoms with Crippen LogP contribution in [-0.2, 0) is 9.13 Å². The Labute approximate surface area is 95.2 Å². The molecular weight excluding hydrogens is 238 g/mol. The third kappa shape index (κ3) is 1610. The summed E-state index contributed by atoms with van der Waals surface area (Å²) in [5.41, 5.74) is 0. The normalized spacial score (nSPS) is 9.08. The third-order valence-electron chi connectivity index (χ3n) is 0. The average Bonchev–Trinajstić information content (AvgIpc) is 1.12. The first-order chi connectivity index (χ1) is 4.00. The van der Waals surface area contributed by atoms with Gasteiger partial charge < -0.3 is 32.2 Å². The molecule has 0 aromatic heterocycles. The standard InChI is InChI=1S/2CH4.Mg.2H3O4P.2H/c;;;2*1-5(2,3)4;;/h2*1H4;;2*(H3,1,2,3,4);;/q;;+2;;;2*-1. The molecule has 0 rings (SSSR count). The molecule has 0 spiro atoms. The maximum Gasteiger partial charge on any atom is 2.00 e. The van der Waals surface area contributed by atoms with Crippen LogP contribution in [0.5, 0.6) is 0 Å². The molecule has 0 aliphatic heterocycles. The van der Waals surface area contributed by atoms with Crippen LogP contribution in [0.2, 0.25) is 0 Å². The zero-order valence-electron chi connectivity index (χ0n) is 7.10. The minimum Gasteiger partial charge on any atom is -1.00 e. The molecule has 6 N–H and O–H groups in total. The molecule has 0 aliphatic carbocycles. The van der Waals surface area contributed by atoms with Crippen LogP contribution in [0.3, 0.4) is 0 Å². The smallest absolute Gasteiger partial charge is 1.00 e. The van der Waals surface area contributed by atoms with Gasteiger partial charge in [0.1, 0.15) is 0 Å². The number of hydrogen-bond acceptors (Lipinski definition) is 2. The van der Waals surface area contributed by atoms with Crippen molar-refractivity contribution in [2.24, 2.45) is 0 Å². The minimum atomic E-state index is -4.64. The zero-order valence-corrected chi connectivity index (χ0v) is 8.30. The van der Waals surface area contributed by atoms with E-state index in [1.54, 1.807) is 0 Å². The molecule has 0 aromatic carbocycles. The SMILES string of the molecule is C.C.O=P(O)(O)O.O=P(O)(O)O.[H-].[H-].[Mg+2]. The fraction of sp³-hybridized carbons (Fsp3) is 1.00. The molecule has 0 saturated heterocycles. The molecule has 13 heavy (non-hydrogen) atoms. The zero-order chi connectivity index (χ0) is 9.00. The molecule has 0 radical (unpaired) electrons. The van der Waals surface area contributed by atoms with Gasteiger partial charge in [-0.1, -0.05) is 14.9 Å². The van der Waals surface area contributed by atoms with Crippen LogP contribution in [0.1, 0.15) is 17.7 Å². The Hall–Kier alpha value is 0.986. The Morgan fingerprint density at radius 3 is 0.692 bits per heavy atom. The van der Waals surface area contributed by atoms with Gasteiger partial charge in [-0.2, -0.15) is 0 Å². The van der Waals surface area contributed by atoms with Gasteiger partial charge in [0.25, 0.3) is 0 Å². The van der Waals surface area contributed by atoms with Crippen LogP contribution in [0.4, 0.5) is 0 Å². The van der Waals surface area contributed by atoms with E-state index in [1.807, 2.05) is 0 Å². The Morgan fingerprint density at radius 2 is 0.692 bits per heavy atom. The molecule has 0 saturated carbocycles. The second-order valence-corrected chi connectivity index (χ2v) is 3.08. The maximum absolute atomic E-state index is 8.88. The number of rotatable bonds is 0. The Bertz CT molecular complexity index is 141. The van der Waals surface area contributed by atoms with Gasteiger partial charge in [-0.3, -0.25) is 0 Å². The molecule has 0 heterocycles. The summed E-state index contributed by atoms with van der Waals surface area (Å²) in [7, 11) is -9.28. The molecule has 0 bridgehead atoms. The summed E-state index contributed by atoms with van der Waals surface area (Å²) in [6, 6.07) is 0. The van der Waals surface area contributed by atoms with E-state index in [1.165, 1.54) is 0 Å². The molecule has 0 amide bonds. The van der Waals surface area contributed by atoms with Crippen molar-refractivity contribution >= 4 is 38.7 Å². The largest absolute Gasteiger partial charge is 2.00 e. The average molecular weight is 254 g/mol. The van der Waals surface area contributed by atoms with E-state index in [0.29, 0.717) is 0 Å². The van der Waals surface area contributed by atoms with E-state index in [2.05, 4.69) is 0 Å². The predicted molar refractivity (Wildman–Crippen MR) is 50.0 cm³/mol. The Morgan fingerprint density at radius 1 is 0.692 bits per heavy atom. The van der Waals surface area contributed by atoms with Gasteiger partial charge in [-0.15, -0.1) is 0 Å². The van der Waals surface area contributed by atoms with Crippen LogP contribution in [0.15, 0.2) is 0 Å². The van der Waals surface area contributed by atoms with E-state index in [-0.39, 0.29) is 40.8 Å². The Balaban J connectivity index is -0.0000000128. The van der Waals surface area contributed by atoms with Gasteiger partial charge in [0.2, 0.25) is 0 Å². The summed E-state index contributed by atoms with van der Waals surface area (Å²) in [6.45, 7) is 0. The van der Waals surface area contributed by atoms with Crippen molar-refractivity contribution in [1.29, 1.82) is 0 Å². The summed E-state index contributed by atoms with van der Waals surface area (Å²) >= 11 is 0. The molecule has 84 valence electrons. The molecule has 0 unspecified atom stereocenters. The molecule has 0 aliphatic rings. The molecule has 11 heteroatoms. The van der Waals surface area contributed by atoms with Crippen LogP contribution >= 0.6 is 15.6 Å². The van der Waals surface area contributed by atoms with Crippen molar-refractivity contribution in [3.05, 3.63) is 0 Å². The van der Waals surface area contributed by atoms with Gasteiger partial charge in [0.05, 0.1) is 0 Å². The van der Waals surface area contributed by atoms with Gasteiger partial charge in [-0.25, -0.2) is 9.13 Å². The maximum atomic E-state index is 8.88. The summed E-state index contributed by atoms with van der Waals surface area (Å²) < 4.78 is 17.8. The van der Waals surface area contributed by atoms with Crippen LogP contribution in [0.25, 0.3) is 0 Å². The second-order valence-electron chi connectivity index (χ2n) is 1.03. The summed E-state index contributed by atoms with van der Waals surface area (Å²) in [6.07, 6.45) is 0. The van der Waals surface area contributed by atoms with Gasteiger partial charge in [0, 0.05) is 0 Å². The van der Waals surface area contributed by atoms with Gasteiger partial charge in [0.15, 0.2) is 0 Å². The molecule has 0 fully saturated rings. The van der Waals surface area contributed by atoms with E-state index in [4.69, 9.17) is 38.5 Å². The van der Waals surface area contributed by atoms with Crippen LogP contribution in [0, 0.1) is 0 Å². The Kier molecular flexibility index (Phi) is 24.9. The van der Waals surface area contributed by atoms with E-state index < -0.39 is 15.6 Å². The quantitative estimate of drug-likeness (QED) is 0.244.